The van der Waals surface area contributed by atoms with Crippen LogP contribution in [0.1, 0.15) is 18.4 Å². The monoisotopic (exact) mass is 219 g/mol. The molecule has 3 nitrogen and oxygen atoms in total. The van der Waals surface area contributed by atoms with Crippen LogP contribution < -0.4 is 15.2 Å². The van der Waals surface area contributed by atoms with Gasteiger partial charge in [-0.2, -0.15) is 0 Å². The first kappa shape index (κ1) is 12.4. The molecule has 0 aliphatic rings. The Balaban J connectivity index is 2.61. The smallest absolute Gasteiger partial charge is 0.124 e. The van der Waals surface area contributed by atoms with E-state index in [9.17, 15) is 0 Å². The van der Waals surface area contributed by atoms with Crippen LogP contribution in [0.2, 0.25) is 0 Å². The van der Waals surface area contributed by atoms with Gasteiger partial charge in [-0.3, -0.25) is 0 Å². The Labute approximate surface area is 96.6 Å². The molecule has 1 aromatic rings. The van der Waals surface area contributed by atoms with Gasteiger partial charge in [-0.1, -0.05) is 0 Å². The molecule has 0 saturated heterocycles. The number of rotatable bonds is 6. The van der Waals surface area contributed by atoms with Crippen LogP contribution in [0.4, 0.5) is 0 Å². The summed E-state index contributed by atoms with van der Waals surface area (Å²) in [6, 6.07) is 5.61. The minimum atomic E-state index is 0.432. The zero-order valence-corrected chi connectivity index (χ0v) is 9.53. The van der Waals surface area contributed by atoms with Crippen molar-refractivity contribution in [2.75, 3.05) is 13.7 Å². The van der Waals surface area contributed by atoms with Crippen LogP contribution in [0.3, 0.4) is 0 Å². The van der Waals surface area contributed by atoms with Crippen molar-refractivity contribution in [1.29, 1.82) is 0 Å². The van der Waals surface area contributed by atoms with E-state index in [4.69, 9.17) is 21.6 Å². The average Bonchev–Trinajstić information content (AvgIpc) is 2.34. The predicted molar refractivity (Wildman–Crippen MR) is 64.4 cm³/mol. The van der Waals surface area contributed by atoms with E-state index in [-0.39, 0.29) is 0 Å². The van der Waals surface area contributed by atoms with Crippen LogP contribution in [0.5, 0.6) is 11.5 Å². The summed E-state index contributed by atoms with van der Waals surface area (Å²) in [5.74, 6) is 4.17. The molecule has 16 heavy (non-hydrogen) atoms. The molecule has 0 aliphatic carbocycles. The molecule has 0 amide bonds. The number of nitrogens with two attached hydrogens (primary N) is 1. The summed E-state index contributed by atoms with van der Waals surface area (Å²) >= 11 is 0. The Bertz CT molecular complexity index is 369. The molecule has 1 aromatic carbocycles. The van der Waals surface area contributed by atoms with Crippen molar-refractivity contribution in [3.05, 3.63) is 23.8 Å². The second-order valence-corrected chi connectivity index (χ2v) is 3.33. The second-order valence-electron chi connectivity index (χ2n) is 3.33. The summed E-state index contributed by atoms with van der Waals surface area (Å²) in [4.78, 5) is 0. The highest BCUT2D eigenvalue weighted by atomic mass is 16.5. The first-order chi connectivity index (χ1) is 7.81. The molecule has 0 bridgehead atoms. The fraction of sp³-hybridized carbons (Fsp3) is 0.385. The molecule has 0 aromatic heterocycles. The largest absolute Gasteiger partial charge is 0.497 e. The van der Waals surface area contributed by atoms with Gasteiger partial charge in [0.05, 0.1) is 13.7 Å². The summed E-state index contributed by atoms with van der Waals surface area (Å²) in [7, 11) is 1.63. The number of unbranched alkanes of at least 4 members (excludes halogenated alkanes) is 1. The lowest BCUT2D eigenvalue weighted by molar-refractivity contribution is 0.309. The van der Waals surface area contributed by atoms with Gasteiger partial charge in [-0.05, 0) is 24.6 Å². The van der Waals surface area contributed by atoms with Crippen molar-refractivity contribution < 1.29 is 9.47 Å². The van der Waals surface area contributed by atoms with Crippen LogP contribution in [-0.2, 0) is 6.54 Å². The summed E-state index contributed by atoms with van der Waals surface area (Å²) in [6.07, 6.45) is 6.74. The third kappa shape index (κ3) is 3.48. The fourth-order valence-corrected chi connectivity index (χ4v) is 1.34. The summed E-state index contributed by atoms with van der Waals surface area (Å²) in [5.41, 5.74) is 6.58. The highest BCUT2D eigenvalue weighted by Gasteiger charge is 2.03. The topological polar surface area (TPSA) is 44.5 Å². The van der Waals surface area contributed by atoms with E-state index >= 15 is 0 Å². The standard InChI is InChI=1S/C13H17NO2/c1-3-4-5-8-16-13-7-6-12(15-2)9-11(13)10-14/h1,6-7,9H,4-5,8,10,14H2,2H3. The molecule has 0 saturated carbocycles. The lowest BCUT2D eigenvalue weighted by Crippen LogP contribution is -2.04. The molecule has 3 heteroatoms. The Morgan fingerprint density at radius 3 is 2.88 bits per heavy atom. The molecular formula is C13H17NO2. The predicted octanol–water partition coefficient (Wildman–Crippen LogP) is 1.95. The number of hydrogen-bond donors (Lipinski definition) is 1. The van der Waals surface area contributed by atoms with Gasteiger partial charge in [0.2, 0.25) is 0 Å². The quantitative estimate of drug-likeness (QED) is 0.587. The third-order valence-corrected chi connectivity index (χ3v) is 2.21. The van der Waals surface area contributed by atoms with Gasteiger partial charge >= 0.3 is 0 Å². The molecular weight excluding hydrogens is 202 g/mol. The molecule has 0 unspecified atom stereocenters. The normalized spacial score (nSPS) is 9.56. The Kier molecular flexibility index (Phi) is 5.24. The van der Waals surface area contributed by atoms with Crippen LogP contribution in [-0.4, -0.2) is 13.7 Å². The number of methoxy groups -OCH3 is 1. The van der Waals surface area contributed by atoms with Gasteiger partial charge in [-0.15, -0.1) is 12.3 Å². The van der Waals surface area contributed by atoms with Gasteiger partial charge in [0.15, 0.2) is 0 Å². The Morgan fingerprint density at radius 2 is 2.25 bits per heavy atom. The van der Waals surface area contributed by atoms with Crippen molar-refractivity contribution in [1.82, 2.24) is 0 Å². The number of hydrogen-bond acceptors (Lipinski definition) is 3. The highest BCUT2D eigenvalue weighted by molar-refractivity contribution is 5.40. The van der Waals surface area contributed by atoms with Crippen LogP contribution in [0.25, 0.3) is 0 Å². The number of terminal acetylenes is 1. The van der Waals surface area contributed by atoms with E-state index in [1.165, 1.54) is 0 Å². The maximum atomic E-state index is 5.64. The van der Waals surface area contributed by atoms with Crippen LogP contribution in [0, 0.1) is 12.3 Å². The molecule has 1 rings (SSSR count). The van der Waals surface area contributed by atoms with Crippen LogP contribution >= 0.6 is 0 Å². The maximum Gasteiger partial charge on any atom is 0.124 e. The first-order valence-electron chi connectivity index (χ1n) is 5.25. The van der Waals surface area contributed by atoms with Gasteiger partial charge in [0, 0.05) is 18.5 Å². The SMILES string of the molecule is C#CCCCOc1ccc(OC)cc1CN. The molecule has 0 fully saturated rings. The lowest BCUT2D eigenvalue weighted by Gasteiger charge is -2.11. The van der Waals surface area contributed by atoms with Gasteiger partial charge in [0.1, 0.15) is 11.5 Å². The minimum Gasteiger partial charge on any atom is -0.497 e. The van der Waals surface area contributed by atoms with E-state index in [1.54, 1.807) is 7.11 Å². The third-order valence-electron chi connectivity index (χ3n) is 2.21. The Morgan fingerprint density at radius 1 is 1.44 bits per heavy atom. The first-order valence-corrected chi connectivity index (χ1v) is 5.25. The van der Waals surface area contributed by atoms with Gasteiger partial charge in [-0.25, -0.2) is 0 Å². The summed E-state index contributed by atoms with van der Waals surface area (Å²) in [5, 5.41) is 0. The average molecular weight is 219 g/mol. The van der Waals surface area contributed by atoms with Crippen molar-refractivity contribution in [3.8, 4) is 23.8 Å². The highest BCUT2D eigenvalue weighted by Crippen LogP contribution is 2.23. The van der Waals surface area contributed by atoms with E-state index in [1.807, 2.05) is 18.2 Å². The lowest BCUT2D eigenvalue weighted by atomic mass is 10.2. The van der Waals surface area contributed by atoms with E-state index < -0.39 is 0 Å². The minimum absolute atomic E-state index is 0.432. The van der Waals surface area contributed by atoms with Crippen molar-refractivity contribution >= 4 is 0 Å². The molecule has 0 aliphatic heterocycles. The van der Waals surface area contributed by atoms with E-state index in [0.29, 0.717) is 13.2 Å². The molecule has 0 atom stereocenters. The Hall–Kier alpha value is -1.66. The molecule has 86 valence electrons. The summed E-state index contributed by atoms with van der Waals surface area (Å²) < 4.78 is 10.7. The number of ether oxygens (including phenoxy) is 2. The van der Waals surface area contributed by atoms with Gasteiger partial charge in [0.25, 0.3) is 0 Å². The van der Waals surface area contributed by atoms with Crippen molar-refractivity contribution in [2.45, 2.75) is 19.4 Å². The second kappa shape index (κ2) is 6.76. The van der Waals surface area contributed by atoms with Gasteiger partial charge < -0.3 is 15.2 Å². The van der Waals surface area contributed by atoms with E-state index in [2.05, 4.69) is 5.92 Å². The molecule has 0 heterocycles. The van der Waals surface area contributed by atoms with E-state index in [0.717, 1.165) is 29.9 Å². The maximum absolute atomic E-state index is 5.64. The molecule has 0 spiro atoms. The van der Waals surface area contributed by atoms with Crippen LogP contribution in [0.15, 0.2) is 18.2 Å². The molecule has 0 radical (unpaired) electrons. The molecule has 2 N–H and O–H groups in total. The fourth-order valence-electron chi connectivity index (χ4n) is 1.34. The zero-order valence-electron chi connectivity index (χ0n) is 9.53. The number of benzene rings is 1. The van der Waals surface area contributed by atoms with Crippen molar-refractivity contribution in [3.63, 3.8) is 0 Å². The summed E-state index contributed by atoms with van der Waals surface area (Å²) in [6.45, 7) is 1.05. The van der Waals surface area contributed by atoms with Crippen molar-refractivity contribution in [2.24, 2.45) is 5.73 Å². The zero-order chi connectivity index (χ0) is 11.8.